The number of nitrogens with one attached hydrogen (secondary N) is 2. The van der Waals surface area contributed by atoms with Crippen molar-refractivity contribution in [1.29, 1.82) is 0 Å². The van der Waals surface area contributed by atoms with Crippen LogP contribution in [0.1, 0.15) is 36.5 Å². The van der Waals surface area contributed by atoms with E-state index < -0.39 is 42.3 Å². The molecule has 0 aliphatic heterocycles. The van der Waals surface area contributed by atoms with Crippen LogP contribution in [0.4, 0.5) is 4.79 Å². The summed E-state index contributed by atoms with van der Waals surface area (Å²) < 4.78 is 11.4. The number of carbonyl (C=O) groups excluding carboxylic acids is 2. The molecular weight excluding hydrogens is 500 g/mol. The number of hydrogen-bond donors (Lipinski definition) is 4. The van der Waals surface area contributed by atoms with Crippen molar-refractivity contribution >= 4 is 18.0 Å². The van der Waals surface area contributed by atoms with Crippen molar-refractivity contribution in [2.75, 3.05) is 6.61 Å². The third-order valence-corrected chi connectivity index (χ3v) is 6.77. The summed E-state index contributed by atoms with van der Waals surface area (Å²) >= 11 is 0. The standard InChI is InChI=1S/C30H32N2O7/c1-18(33)26(29(35)36)31-28(34)27(19(2)38-16-20-10-4-3-5-11-20)32-30(37)39-17-25-23-14-8-6-12-21(23)22-13-7-9-15-24(22)25/h3-15,18-19,25-27,33H,16-17H2,1-2H3,(H,31,34)(H,32,37)(H,35,36)/t18-,19?,26+,27?/m1/s1. The monoisotopic (exact) mass is 532 g/mol. The van der Waals surface area contributed by atoms with Gasteiger partial charge in [-0.15, -0.1) is 0 Å². The van der Waals surface area contributed by atoms with Crippen LogP contribution in [-0.4, -0.2) is 59.1 Å². The normalized spacial score (nSPS) is 15.3. The van der Waals surface area contributed by atoms with Crippen molar-refractivity contribution in [2.24, 2.45) is 0 Å². The molecule has 0 saturated heterocycles. The molecule has 1 aliphatic carbocycles. The summed E-state index contributed by atoms with van der Waals surface area (Å²) in [4.78, 5) is 37.6. The number of hydrogen-bond acceptors (Lipinski definition) is 6. The maximum atomic E-state index is 13.1. The molecule has 9 heteroatoms. The smallest absolute Gasteiger partial charge is 0.407 e. The van der Waals surface area contributed by atoms with Crippen molar-refractivity contribution in [1.82, 2.24) is 10.6 Å². The van der Waals surface area contributed by atoms with E-state index in [4.69, 9.17) is 9.47 Å². The Kier molecular flexibility index (Phi) is 8.96. The van der Waals surface area contributed by atoms with E-state index in [2.05, 4.69) is 10.6 Å². The van der Waals surface area contributed by atoms with Gasteiger partial charge in [0.25, 0.3) is 0 Å². The molecule has 2 amide bonds. The highest BCUT2D eigenvalue weighted by Crippen LogP contribution is 2.44. The van der Waals surface area contributed by atoms with Crippen molar-refractivity contribution in [2.45, 2.75) is 50.7 Å². The summed E-state index contributed by atoms with van der Waals surface area (Å²) in [5.74, 6) is -2.40. The Morgan fingerprint density at radius 3 is 1.95 bits per heavy atom. The van der Waals surface area contributed by atoms with Gasteiger partial charge in [0.05, 0.1) is 18.8 Å². The summed E-state index contributed by atoms with van der Waals surface area (Å²) in [5.41, 5.74) is 5.11. The number of rotatable bonds is 11. The first-order valence-electron chi connectivity index (χ1n) is 12.7. The topological polar surface area (TPSA) is 134 Å². The molecule has 4 atom stereocenters. The predicted octanol–water partition coefficient (Wildman–Crippen LogP) is 3.45. The molecule has 0 saturated carbocycles. The molecule has 0 radical (unpaired) electrons. The number of amides is 2. The molecule has 9 nitrogen and oxygen atoms in total. The lowest BCUT2D eigenvalue weighted by molar-refractivity contribution is -0.145. The van der Waals surface area contributed by atoms with E-state index >= 15 is 0 Å². The van der Waals surface area contributed by atoms with Gasteiger partial charge in [-0.2, -0.15) is 0 Å². The molecule has 204 valence electrons. The first-order chi connectivity index (χ1) is 18.8. The van der Waals surface area contributed by atoms with Gasteiger partial charge >= 0.3 is 12.1 Å². The van der Waals surface area contributed by atoms with E-state index in [0.29, 0.717) is 0 Å². The molecule has 0 spiro atoms. The Morgan fingerprint density at radius 1 is 0.821 bits per heavy atom. The van der Waals surface area contributed by atoms with E-state index in [1.807, 2.05) is 78.9 Å². The van der Waals surface area contributed by atoms with Gasteiger partial charge in [-0.3, -0.25) is 4.79 Å². The van der Waals surface area contributed by atoms with E-state index in [0.717, 1.165) is 27.8 Å². The first kappa shape index (κ1) is 27.8. The SMILES string of the molecule is CC(OCc1ccccc1)C(NC(=O)OCC1c2ccccc2-c2ccccc21)C(=O)N[C@H](C(=O)O)[C@@H](C)O. The van der Waals surface area contributed by atoms with E-state index in [1.54, 1.807) is 6.92 Å². The average molecular weight is 533 g/mol. The molecule has 0 heterocycles. The molecule has 3 aromatic carbocycles. The number of carboxylic acid groups (broad SMARTS) is 1. The van der Waals surface area contributed by atoms with Crippen LogP contribution in [0.25, 0.3) is 11.1 Å². The van der Waals surface area contributed by atoms with Crippen LogP contribution < -0.4 is 10.6 Å². The quantitative estimate of drug-likeness (QED) is 0.297. The van der Waals surface area contributed by atoms with Gasteiger partial charge in [0.1, 0.15) is 12.6 Å². The second-order valence-corrected chi connectivity index (χ2v) is 9.51. The van der Waals surface area contributed by atoms with Crippen LogP contribution in [0.2, 0.25) is 0 Å². The molecule has 2 unspecified atom stereocenters. The van der Waals surface area contributed by atoms with Crippen molar-refractivity contribution < 1.29 is 34.1 Å². The fourth-order valence-electron chi connectivity index (χ4n) is 4.69. The zero-order valence-corrected chi connectivity index (χ0v) is 21.7. The van der Waals surface area contributed by atoms with Gasteiger partial charge < -0.3 is 30.3 Å². The average Bonchev–Trinajstić information content (AvgIpc) is 3.26. The van der Waals surface area contributed by atoms with Gasteiger partial charge in [-0.25, -0.2) is 9.59 Å². The fraction of sp³-hybridized carbons (Fsp3) is 0.300. The molecule has 0 aromatic heterocycles. The Labute approximate surface area is 226 Å². The highest BCUT2D eigenvalue weighted by Gasteiger charge is 2.34. The Balaban J connectivity index is 1.46. The largest absolute Gasteiger partial charge is 0.480 e. The third-order valence-electron chi connectivity index (χ3n) is 6.77. The molecule has 0 fully saturated rings. The summed E-state index contributed by atoms with van der Waals surface area (Å²) in [5, 5.41) is 24.0. The number of aliphatic hydroxyl groups excluding tert-OH is 1. The highest BCUT2D eigenvalue weighted by molar-refractivity contribution is 5.90. The summed E-state index contributed by atoms with van der Waals surface area (Å²) in [7, 11) is 0. The number of carbonyl (C=O) groups is 3. The molecular formula is C30H32N2O7. The number of fused-ring (bicyclic) bond motifs is 3. The molecule has 4 rings (SSSR count). The molecule has 1 aliphatic rings. The van der Waals surface area contributed by atoms with Crippen LogP contribution in [0.5, 0.6) is 0 Å². The first-order valence-corrected chi connectivity index (χ1v) is 12.7. The highest BCUT2D eigenvalue weighted by atomic mass is 16.5. The molecule has 4 N–H and O–H groups in total. The lowest BCUT2D eigenvalue weighted by atomic mass is 9.98. The molecule has 0 bridgehead atoms. The number of benzene rings is 3. The van der Waals surface area contributed by atoms with Crippen LogP contribution in [0.15, 0.2) is 78.9 Å². The van der Waals surface area contributed by atoms with Crippen LogP contribution >= 0.6 is 0 Å². The fourth-order valence-corrected chi connectivity index (χ4v) is 4.69. The summed E-state index contributed by atoms with van der Waals surface area (Å²) in [6.07, 6.45) is -3.06. The maximum absolute atomic E-state index is 13.1. The van der Waals surface area contributed by atoms with Gasteiger partial charge in [0.15, 0.2) is 6.04 Å². The van der Waals surface area contributed by atoms with Crippen LogP contribution in [0, 0.1) is 0 Å². The van der Waals surface area contributed by atoms with Crippen molar-refractivity contribution in [3.05, 3.63) is 95.6 Å². The Bertz CT molecular complexity index is 1270. The third kappa shape index (κ3) is 6.63. The summed E-state index contributed by atoms with van der Waals surface area (Å²) in [6.45, 7) is 3.05. The van der Waals surface area contributed by atoms with Crippen molar-refractivity contribution in [3.8, 4) is 11.1 Å². The van der Waals surface area contributed by atoms with Gasteiger partial charge in [0.2, 0.25) is 5.91 Å². The minimum atomic E-state index is -1.56. The Morgan fingerprint density at radius 2 is 1.38 bits per heavy atom. The number of alkyl carbamates (subject to hydrolysis) is 1. The molecule has 39 heavy (non-hydrogen) atoms. The van der Waals surface area contributed by atoms with Crippen LogP contribution in [0.3, 0.4) is 0 Å². The van der Waals surface area contributed by atoms with E-state index in [-0.39, 0.29) is 19.1 Å². The molecule has 3 aromatic rings. The van der Waals surface area contributed by atoms with Gasteiger partial charge in [-0.1, -0.05) is 78.9 Å². The van der Waals surface area contributed by atoms with Gasteiger partial charge in [0, 0.05) is 5.92 Å². The zero-order chi connectivity index (χ0) is 27.9. The van der Waals surface area contributed by atoms with Gasteiger partial charge in [-0.05, 0) is 41.7 Å². The van der Waals surface area contributed by atoms with E-state index in [9.17, 15) is 24.6 Å². The second-order valence-electron chi connectivity index (χ2n) is 9.51. The minimum Gasteiger partial charge on any atom is -0.480 e. The number of aliphatic hydroxyl groups is 1. The van der Waals surface area contributed by atoms with Crippen LogP contribution in [-0.2, 0) is 25.7 Å². The lowest BCUT2D eigenvalue weighted by Crippen LogP contribution is -2.58. The maximum Gasteiger partial charge on any atom is 0.407 e. The minimum absolute atomic E-state index is 0.0406. The Hall–Kier alpha value is -4.21. The predicted molar refractivity (Wildman–Crippen MR) is 144 cm³/mol. The zero-order valence-electron chi connectivity index (χ0n) is 21.7. The number of aliphatic carboxylic acids is 1. The van der Waals surface area contributed by atoms with E-state index in [1.165, 1.54) is 6.92 Å². The van der Waals surface area contributed by atoms with Crippen molar-refractivity contribution in [3.63, 3.8) is 0 Å². The second kappa shape index (κ2) is 12.6. The number of carboxylic acids is 1. The summed E-state index contributed by atoms with van der Waals surface area (Å²) in [6, 6.07) is 22.3. The lowest BCUT2D eigenvalue weighted by Gasteiger charge is -2.27. The number of ether oxygens (including phenoxy) is 2.